The Hall–Kier alpha value is -1.49. The van der Waals surface area contributed by atoms with Gasteiger partial charge in [0.05, 0.1) is 12.3 Å². The van der Waals surface area contributed by atoms with Crippen LogP contribution < -0.4 is 5.32 Å². The van der Waals surface area contributed by atoms with Gasteiger partial charge in [-0.05, 0) is 31.9 Å². The van der Waals surface area contributed by atoms with Crippen LogP contribution in [-0.2, 0) is 0 Å². The minimum absolute atomic E-state index is 0.173. The Labute approximate surface area is 100 Å². The molecule has 2 heterocycles. The number of hydrogen-bond acceptors (Lipinski definition) is 3. The molecule has 2 rings (SSSR count). The first-order chi connectivity index (χ1) is 8.16. The van der Waals surface area contributed by atoms with Crippen LogP contribution in [0.5, 0.6) is 0 Å². The van der Waals surface area contributed by atoms with Gasteiger partial charge < -0.3 is 19.7 Å². The van der Waals surface area contributed by atoms with Crippen molar-refractivity contribution in [3.63, 3.8) is 0 Å². The molecular formula is C12H18N2O3. The van der Waals surface area contributed by atoms with E-state index in [0.29, 0.717) is 19.1 Å². The number of carbonyl (C=O) groups is 1. The van der Waals surface area contributed by atoms with E-state index >= 15 is 0 Å². The fourth-order valence-corrected chi connectivity index (χ4v) is 2.21. The van der Waals surface area contributed by atoms with Gasteiger partial charge in [-0.3, -0.25) is 0 Å². The summed E-state index contributed by atoms with van der Waals surface area (Å²) in [6, 6.07) is 4.36. The Morgan fingerprint density at radius 2 is 2.29 bits per heavy atom. The molecule has 1 atom stereocenters. The molecule has 0 spiro atoms. The van der Waals surface area contributed by atoms with Crippen LogP contribution >= 0.6 is 0 Å². The number of piperidine rings is 1. The van der Waals surface area contributed by atoms with Gasteiger partial charge in [0.25, 0.3) is 0 Å². The highest BCUT2D eigenvalue weighted by molar-refractivity contribution is 5.65. The Bertz CT molecular complexity index is 356. The summed E-state index contributed by atoms with van der Waals surface area (Å²) in [4.78, 5) is 12.2. The Morgan fingerprint density at radius 1 is 1.59 bits per heavy atom. The molecule has 0 aromatic carbocycles. The first-order valence-corrected chi connectivity index (χ1v) is 5.94. The summed E-state index contributed by atoms with van der Waals surface area (Å²) in [5, 5.41) is 12.3. The van der Waals surface area contributed by atoms with E-state index in [1.807, 2.05) is 12.1 Å². The van der Waals surface area contributed by atoms with Crippen molar-refractivity contribution in [2.45, 2.75) is 31.8 Å². The lowest BCUT2D eigenvalue weighted by Crippen LogP contribution is -2.44. The van der Waals surface area contributed by atoms with Crippen LogP contribution in [0, 0.1) is 0 Å². The van der Waals surface area contributed by atoms with Crippen LogP contribution in [0.2, 0.25) is 0 Å². The molecule has 1 aromatic rings. The second-order valence-electron chi connectivity index (χ2n) is 4.45. The second-order valence-corrected chi connectivity index (χ2v) is 4.45. The quantitative estimate of drug-likeness (QED) is 0.846. The van der Waals surface area contributed by atoms with Crippen molar-refractivity contribution in [2.75, 3.05) is 13.1 Å². The number of furan rings is 1. The molecule has 5 heteroatoms. The smallest absolute Gasteiger partial charge is 0.407 e. The highest BCUT2D eigenvalue weighted by atomic mass is 16.4. The summed E-state index contributed by atoms with van der Waals surface area (Å²) >= 11 is 0. The summed E-state index contributed by atoms with van der Waals surface area (Å²) < 4.78 is 5.33. The fraction of sp³-hybridized carbons (Fsp3) is 0.583. The highest BCUT2D eigenvalue weighted by Crippen LogP contribution is 2.17. The molecule has 1 saturated heterocycles. The van der Waals surface area contributed by atoms with Gasteiger partial charge in [0.2, 0.25) is 0 Å². The summed E-state index contributed by atoms with van der Waals surface area (Å²) in [7, 11) is 0. The van der Waals surface area contributed by atoms with Gasteiger partial charge in [-0.2, -0.15) is 0 Å². The van der Waals surface area contributed by atoms with E-state index < -0.39 is 6.09 Å². The first kappa shape index (κ1) is 12.0. The van der Waals surface area contributed by atoms with Crippen molar-refractivity contribution in [3.8, 4) is 0 Å². The predicted octanol–water partition coefficient (Wildman–Crippen LogP) is 2.07. The molecule has 1 unspecified atom stereocenters. The minimum Gasteiger partial charge on any atom is -0.468 e. The van der Waals surface area contributed by atoms with Gasteiger partial charge in [-0.15, -0.1) is 0 Å². The van der Waals surface area contributed by atoms with Crippen molar-refractivity contribution in [3.05, 3.63) is 24.2 Å². The van der Waals surface area contributed by atoms with E-state index in [4.69, 9.17) is 9.52 Å². The summed E-state index contributed by atoms with van der Waals surface area (Å²) in [5.41, 5.74) is 0. The first-order valence-electron chi connectivity index (χ1n) is 5.94. The van der Waals surface area contributed by atoms with Crippen molar-refractivity contribution in [1.29, 1.82) is 0 Å². The average Bonchev–Trinajstić information content (AvgIpc) is 2.83. The van der Waals surface area contributed by atoms with E-state index in [0.717, 1.165) is 18.6 Å². The van der Waals surface area contributed by atoms with E-state index in [1.54, 1.807) is 6.26 Å². The van der Waals surface area contributed by atoms with Crippen LogP contribution in [0.15, 0.2) is 22.8 Å². The normalized spacial score (nSPS) is 19.2. The van der Waals surface area contributed by atoms with Crippen molar-refractivity contribution in [1.82, 2.24) is 10.2 Å². The third-order valence-corrected chi connectivity index (χ3v) is 3.22. The van der Waals surface area contributed by atoms with Gasteiger partial charge in [0, 0.05) is 19.1 Å². The number of hydrogen-bond donors (Lipinski definition) is 2. The molecule has 2 N–H and O–H groups in total. The Morgan fingerprint density at radius 3 is 2.82 bits per heavy atom. The molecule has 1 fully saturated rings. The molecule has 1 amide bonds. The van der Waals surface area contributed by atoms with E-state index in [1.165, 1.54) is 4.90 Å². The van der Waals surface area contributed by atoms with Crippen molar-refractivity contribution < 1.29 is 14.3 Å². The topological polar surface area (TPSA) is 65.7 Å². The maximum atomic E-state index is 10.8. The van der Waals surface area contributed by atoms with Crippen molar-refractivity contribution >= 4 is 6.09 Å². The molecule has 1 aromatic heterocycles. The van der Waals surface area contributed by atoms with Crippen LogP contribution in [0.4, 0.5) is 4.79 Å². The molecular weight excluding hydrogens is 220 g/mol. The minimum atomic E-state index is -0.817. The second kappa shape index (κ2) is 5.23. The number of carboxylic acid groups (broad SMARTS) is 1. The van der Waals surface area contributed by atoms with Gasteiger partial charge in [0.1, 0.15) is 5.76 Å². The number of nitrogens with one attached hydrogen (secondary N) is 1. The molecule has 94 valence electrons. The van der Waals surface area contributed by atoms with Crippen LogP contribution in [0.25, 0.3) is 0 Å². The number of nitrogens with zero attached hydrogens (tertiary/aromatic N) is 1. The SMILES string of the molecule is CC(NC1CCN(C(=O)O)CC1)c1ccco1. The summed E-state index contributed by atoms with van der Waals surface area (Å²) in [5.74, 6) is 0.922. The molecule has 0 aliphatic carbocycles. The molecule has 5 nitrogen and oxygen atoms in total. The molecule has 0 bridgehead atoms. The van der Waals surface area contributed by atoms with E-state index in [2.05, 4.69) is 12.2 Å². The lowest BCUT2D eigenvalue weighted by molar-refractivity contribution is 0.127. The zero-order chi connectivity index (χ0) is 12.3. The average molecular weight is 238 g/mol. The Balaban J connectivity index is 1.80. The number of amides is 1. The van der Waals surface area contributed by atoms with E-state index in [9.17, 15) is 4.79 Å². The summed E-state index contributed by atoms with van der Waals surface area (Å²) in [6.45, 7) is 3.28. The van der Waals surface area contributed by atoms with Gasteiger partial charge in [-0.25, -0.2) is 4.79 Å². The number of rotatable bonds is 3. The van der Waals surface area contributed by atoms with E-state index in [-0.39, 0.29) is 6.04 Å². The van der Waals surface area contributed by atoms with Gasteiger partial charge in [0.15, 0.2) is 0 Å². The standard InChI is InChI=1S/C12H18N2O3/c1-9(11-3-2-8-17-11)13-10-4-6-14(7-5-10)12(15)16/h2-3,8-10,13H,4-7H2,1H3,(H,15,16). The zero-order valence-electron chi connectivity index (χ0n) is 9.93. The molecule has 1 aliphatic heterocycles. The maximum absolute atomic E-state index is 10.8. The lowest BCUT2D eigenvalue weighted by Gasteiger charge is -2.31. The van der Waals surface area contributed by atoms with Crippen LogP contribution in [0.1, 0.15) is 31.6 Å². The largest absolute Gasteiger partial charge is 0.468 e. The fourth-order valence-electron chi connectivity index (χ4n) is 2.21. The third kappa shape index (κ3) is 3.00. The number of likely N-dealkylation sites (tertiary alicyclic amines) is 1. The highest BCUT2D eigenvalue weighted by Gasteiger charge is 2.23. The van der Waals surface area contributed by atoms with Crippen LogP contribution in [0.3, 0.4) is 0 Å². The maximum Gasteiger partial charge on any atom is 0.407 e. The Kier molecular flexibility index (Phi) is 3.68. The lowest BCUT2D eigenvalue weighted by atomic mass is 10.0. The molecule has 0 radical (unpaired) electrons. The van der Waals surface area contributed by atoms with Gasteiger partial charge >= 0.3 is 6.09 Å². The van der Waals surface area contributed by atoms with Crippen LogP contribution in [-0.4, -0.2) is 35.2 Å². The predicted molar refractivity (Wildman–Crippen MR) is 62.9 cm³/mol. The molecule has 1 aliphatic rings. The van der Waals surface area contributed by atoms with Gasteiger partial charge in [-0.1, -0.05) is 0 Å². The van der Waals surface area contributed by atoms with Crippen molar-refractivity contribution in [2.24, 2.45) is 0 Å². The third-order valence-electron chi connectivity index (χ3n) is 3.22. The molecule has 17 heavy (non-hydrogen) atoms. The zero-order valence-corrected chi connectivity index (χ0v) is 9.93. The monoisotopic (exact) mass is 238 g/mol. The summed E-state index contributed by atoms with van der Waals surface area (Å²) in [6.07, 6.45) is 2.57. The molecule has 0 saturated carbocycles.